The SMILES string of the molecule is NC(=O)[C@@H]1[C@H](Nc2nc(Nc3ccnc(N4CCCC4)c3)nc3ccsc23)[C@H]2C=C[C@@H]1C2. The minimum absolute atomic E-state index is 0.0433. The molecule has 32 heavy (non-hydrogen) atoms. The monoisotopic (exact) mass is 447 g/mol. The van der Waals surface area contributed by atoms with Gasteiger partial charge in [0.15, 0.2) is 0 Å². The summed E-state index contributed by atoms with van der Waals surface area (Å²) < 4.78 is 0.984. The van der Waals surface area contributed by atoms with E-state index in [9.17, 15) is 4.79 Å². The molecule has 1 saturated heterocycles. The quantitative estimate of drug-likeness (QED) is 0.496. The van der Waals surface area contributed by atoms with Gasteiger partial charge >= 0.3 is 0 Å². The molecule has 1 saturated carbocycles. The smallest absolute Gasteiger partial charge is 0.229 e. The number of rotatable bonds is 6. The summed E-state index contributed by atoms with van der Waals surface area (Å²) >= 11 is 1.60. The fourth-order valence-electron chi connectivity index (χ4n) is 5.33. The van der Waals surface area contributed by atoms with E-state index in [1.165, 1.54) is 12.8 Å². The predicted molar refractivity (Wildman–Crippen MR) is 127 cm³/mol. The lowest BCUT2D eigenvalue weighted by molar-refractivity contribution is -0.122. The lowest BCUT2D eigenvalue weighted by Crippen LogP contribution is -2.41. The van der Waals surface area contributed by atoms with Crippen LogP contribution in [0.15, 0.2) is 41.9 Å². The van der Waals surface area contributed by atoms with Gasteiger partial charge in [-0.25, -0.2) is 9.97 Å². The van der Waals surface area contributed by atoms with Crippen molar-refractivity contribution in [3.63, 3.8) is 0 Å². The summed E-state index contributed by atoms with van der Waals surface area (Å²) in [6.45, 7) is 2.09. The standard InChI is InChI=1S/C23H25N7OS/c24-21(31)18-13-3-4-14(11-13)19(18)28-22-20-16(6-10-32-20)27-23(29-22)26-15-5-7-25-17(12-15)30-8-1-2-9-30/h3-7,10,12-14,18-19H,1-2,8-9,11H2,(H2,24,31)(H2,25,26,27,28,29)/t13-,14+,18+,19-/m1/s1. The van der Waals surface area contributed by atoms with E-state index in [1.807, 2.05) is 29.8 Å². The average molecular weight is 448 g/mol. The van der Waals surface area contributed by atoms with Crippen LogP contribution in [0.1, 0.15) is 19.3 Å². The molecule has 2 aliphatic carbocycles. The van der Waals surface area contributed by atoms with Gasteiger partial charge in [-0.1, -0.05) is 12.2 Å². The number of aromatic nitrogens is 3. The number of hydrogen-bond donors (Lipinski definition) is 3. The molecule has 1 amide bonds. The Morgan fingerprint density at radius 3 is 2.84 bits per heavy atom. The second-order valence-electron chi connectivity index (χ2n) is 8.80. The van der Waals surface area contributed by atoms with Crippen LogP contribution in [-0.4, -0.2) is 40.0 Å². The van der Waals surface area contributed by atoms with Gasteiger partial charge in [-0.05, 0) is 48.6 Å². The lowest BCUT2D eigenvalue weighted by Gasteiger charge is -2.27. The molecule has 4 atom stereocenters. The van der Waals surface area contributed by atoms with E-state index in [0.717, 1.165) is 47.1 Å². The zero-order valence-corrected chi connectivity index (χ0v) is 18.4. The topological polar surface area (TPSA) is 109 Å². The number of anilines is 4. The highest BCUT2D eigenvalue weighted by molar-refractivity contribution is 7.17. The van der Waals surface area contributed by atoms with Gasteiger partial charge in [0.1, 0.15) is 11.6 Å². The normalized spacial score (nSPS) is 26.2. The molecule has 9 heteroatoms. The van der Waals surface area contributed by atoms with Gasteiger partial charge in [0.05, 0.1) is 16.1 Å². The molecule has 3 aliphatic rings. The number of primary amides is 1. The first-order chi connectivity index (χ1) is 15.7. The number of carbonyl (C=O) groups is 1. The van der Waals surface area contributed by atoms with E-state index in [0.29, 0.717) is 11.9 Å². The Bertz CT molecular complexity index is 1200. The summed E-state index contributed by atoms with van der Waals surface area (Å²) in [7, 11) is 0. The van der Waals surface area contributed by atoms with Crippen molar-refractivity contribution in [3.8, 4) is 0 Å². The first-order valence-electron chi connectivity index (χ1n) is 11.1. The van der Waals surface area contributed by atoms with Gasteiger partial charge in [-0.2, -0.15) is 4.98 Å². The number of nitrogens with one attached hydrogen (secondary N) is 2. The molecule has 8 nitrogen and oxygen atoms in total. The van der Waals surface area contributed by atoms with Crippen LogP contribution in [0.4, 0.5) is 23.3 Å². The van der Waals surface area contributed by atoms with Crippen molar-refractivity contribution in [1.29, 1.82) is 0 Å². The molecule has 4 N–H and O–H groups in total. The molecule has 0 aromatic carbocycles. The molecule has 4 heterocycles. The van der Waals surface area contributed by atoms with E-state index < -0.39 is 0 Å². The minimum Gasteiger partial charge on any atom is -0.369 e. The maximum Gasteiger partial charge on any atom is 0.229 e. The Morgan fingerprint density at radius 1 is 1.16 bits per heavy atom. The number of allylic oxidation sites excluding steroid dienone is 1. The molecular formula is C23H25N7OS. The predicted octanol–water partition coefficient (Wildman–Crippen LogP) is 3.52. The molecule has 3 aromatic heterocycles. The average Bonchev–Trinajstić information content (AvgIpc) is 3.58. The first kappa shape index (κ1) is 19.5. The van der Waals surface area contributed by atoms with Crippen LogP contribution < -0.4 is 21.3 Å². The number of nitrogens with zero attached hydrogens (tertiary/aromatic N) is 4. The molecule has 2 fully saturated rings. The van der Waals surface area contributed by atoms with Crippen molar-refractivity contribution in [2.45, 2.75) is 25.3 Å². The van der Waals surface area contributed by atoms with Crippen molar-refractivity contribution in [1.82, 2.24) is 15.0 Å². The van der Waals surface area contributed by atoms with Crippen molar-refractivity contribution in [2.24, 2.45) is 23.5 Å². The van der Waals surface area contributed by atoms with Crippen LogP contribution in [0.5, 0.6) is 0 Å². The van der Waals surface area contributed by atoms with Gasteiger partial charge in [-0.3, -0.25) is 4.79 Å². The number of hydrogen-bond acceptors (Lipinski definition) is 8. The third-order valence-electron chi connectivity index (χ3n) is 6.83. The van der Waals surface area contributed by atoms with Crippen LogP contribution in [0, 0.1) is 17.8 Å². The van der Waals surface area contributed by atoms with Crippen LogP contribution in [0.3, 0.4) is 0 Å². The summed E-state index contributed by atoms with van der Waals surface area (Å²) in [5.41, 5.74) is 7.53. The molecule has 164 valence electrons. The van der Waals surface area contributed by atoms with E-state index in [-0.39, 0.29) is 23.8 Å². The number of thiophene rings is 1. The summed E-state index contributed by atoms with van der Waals surface area (Å²) in [5.74, 6) is 2.29. The molecule has 2 bridgehead atoms. The second-order valence-corrected chi connectivity index (χ2v) is 9.72. The van der Waals surface area contributed by atoms with Gasteiger partial charge in [0.2, 0.25) is 11.9 Å². The zero-order chi connectivity index (χ0) is 21.7. The van der Waals surface area contributed by atoms with Gasteiger partial charge in [0.25, 0.3) is 0 Å². The van der Waals surface area contributed by atoms with Crippen LogP contribution in [0.2, 0.25) is 0 Å². The molecule has 1 aliphatic heterocycles. The summed E-state index contributed by atoms with van der Waals surface area (Å²) in [4.78, 5) is 28.5. The molecule has 0 unspecified atom stereocenters. The zero-order valence-electron chi connectivity index (χ0n) is 17.6. The maximum absolute atomic E-state index is 12.2. The molecule has 6 rings (SSSR count). The third-order valence-corrected chi connectivity index (χ3v) is 7.74. The summed E-state index contributed by atoms with van der Waals surface area (Å²) in [6.07, 6.45) is 9.52. The Labute approximate surface area is 190 Å². The number of amides is 1. The molecule has 0 spiro atoms. The molecular weight excluding hydrogens is 422 g/mol. The van der Waals surface area contributed by atoms with Crippen molar-refractivity contribution in [3.05, 3.63) is 41.9 Å². The lowest BCUT2D eigenvalue weighted by atomic mass is 9.88. The third kappa shape index (κ3) is 3.37. The van der Waals surface area contributed by atoms with E-state index in [4.69, 9.17) is 15.7 Å². The van der Waals surface area contributed by atoms with Crippen molar-refractivity contribution >= 4 is 50.7 Å². The maximum atomic E-state index is 12.2. The van der Waals surface area contributed by atoms with Crippen molar-refractivity contribution < 1.29 is 4.79 Å². The van der Waals surface area contributed by atoms with E-state index >= 15 is 0 Å². The number of carbonyl (C=O) groups excluding carboxylic acids is 1. The number of pyridine rings is 1. The van der Waals surface area contributed by atoms with Gasteiger partial charge < -0.3 is 21.3 Å². The number of fused-ring (bicyclic) bond motifs is 3. The minimum atomic E-state index is -0.250. The Hall–Kier alpha value is -3.20. The van der Waals surface area contributed by atoms with Crippen LogP contribution >= 0.6 is 11.3 Å². The highest BCUT2D eigenvalue weighted by Gasteiger charge is 2.47. The number of nitrogens with two attached hydrogens (primary N) is 1. The summed E-state index contributed by atoms with van der Waals surface area (Å²) in [6, 6.07) is 5.92. The van der Waals surface area contributed by atoms with Crippen LogP contribution in [-0.2, 0) is 4.79 Å². The van der Waals surface area contributed by atoms with Gasteiger partial charge in [-0.15, -0.1) is 11.3 Å². The Balaban J connectivity index is 1.30. The van der Waals surface area contributed by atoms with Gasteiger partial charge in [0, 0.05) is 37.1 Å². The van der Waals surface area contributed by atoms with Crippen LogP contribution in [0.25, 0.3) is 10.2 Å². The molecule has 3 aromatic rings. The fraction of sp³-hybridized carbons (Fsp3) is 0.391. The summed E-state index contributed by atoms with van der Waals surface area (Å²) in [5, 5.41) is 8.93. The highest BCUT2D eigenvalue weighted by Crippen LogP contribution is 2.45. The largest absolute Gasteiger partial charge is 0.369 e. The second kappa shape index (κ2) is 7.74. The fourth-order valence-corrected chi connectivity index (χ4v) is 6.11. The Kier molecular flexibility index (Phi) is 4.71. The first-order valence-corrected chi connectivity index (χ1v) is 12.0. The molecule has 0 radical (unpaired) electrons. The Morgan fingerprint density at radius 2 is 2.00 bits per heavy atom. The van der Waals surface area contributed by atoms with E-state index in [1.54, 1.807) is 11.3 Å². The van der Waals surface area contributed by atoms with Crippen molar-refractivity contribution in [2.75, 3.05) is 28.6 Å². The highest BCUT2D eigenvalue weighted by atomic mass is 32.1. The van der Waals surface area contributed by atoms with E-state index in [2.05, 4.69) is 32.7 Å².